The van der Waals surface area contributed by atoms with Crippen LogP contribution in [0, 0.1) is 5.92 Å². The van der Waals surface area contributed by atoms with Gasteiger partial charge in [0.25, 0.3) is 0 Å². The molecule has 2 N–H and O–H groups in total. The first kappa shape index (κ1) is 15.9. The van der Waals surface area contributed by atoms with Crippen molar-refractivity contribution >= 4 is 0 Å². The Bertz CT molecular complexity index is 144. The minimum absolute atomic E-state index is 0.139. The average molecular weight is 230 g/mol. The highest BCUT2D eigenvalue weighted by molar-refractivity contribution is 4.63. The molecule has 0 aromatic rings. The molecule has 0 radical (unpaired) electrons. The molecule has 98 valence electrons. The van der Waals surface area contributed by atoms with E-state index in [0.29, 0.717) is 5.92 Å². The van der Waals surface area contributed by atoms with Gasteiger partial charge in [0, 0.05) is 0 Å². The van der Waals surface area contributed by atoms with Crippen molar-refractivity contribution in [2.45, 2.75) is 84.3 Å². The Morgan fingerprint density at radius 1 is 0.812 bits per heavy atom. The summed E-state index contributed by atoms with van der Waals surface area (Å²) in [7, 11) is 0. The summed E-state index contributed by atoms with van der Waals surface area (Å²) in [6, 6.07) is 0. The molecule has 2 heteroatoms. The monoisotopic (exact) mass is 230 g/mol. The Morgan fingerprint density at radius 3 is 1.75 bits per heavy atom. The second-order valence-electron chi connectivity index (χ2n) is 5.10. The Labute approximate surface area is 101 Å². The van der Waals surface area contributed by atoms with Crippen LogP contribution in [0.2, 0.25) is 0 Å². The van der Waals surface area contributed by atoms with Crippen molar-refractivity contribution in [3.63, 3.8) is 0 Å². The van der Waals surface area contributed by atoms with E-state index >= 15 is 0 Å². The van der Waals surface area contributed by atoms with Crippen molar-refractivity contribution in [3.8, 4) is 0 Å². The molecule has 0 bridgehead atoms. The Hall–Kier alpha value is -0.0800. The van der Waals surface area contributed by atoms with Gasteiger partial charge in [0.15, 0.2) is 0 Å². The lowest BCUT2D eigenvalue weighted by Crippen LogP contribution is -2.15. The molecule has 0 aliphatic heterocycles. The Morgan fingerprint density at radius 2 is 1.31 bits per heavy atom. The van der Waals surface area contributed by atoms with Crippen LogP contribution >= 0.6 is 0 Å². The summed E-state index contributed by atoms with van der Waals surface area (Å²) in [4.78, 5) is 0. The number of hydrogen-bond acceptors (Lipinski definition) is 2. The van der Waals surface area contributed by atoms with Crippen molar-refractivity contribution in [1.82, 2.24) is 0 Å². The third kappa shape index (κ3) is 9.17. The van der Waals surface area contributed by atoms with Gasteiger partial charge in [-0.2, -0.15) is 0 Å². The largest absolute Gasteiger partial charge is 0.393 e. The molecule has 0 saturated heterocycles. The van der Waals surface area contributed by atoms with Crippen LogP contribution in [0.5, 0.6) is 0 Å². The topological polar surface area (TPSA) is 40.5 Å². The zero-order valence-electron chi connectivity index (χ0n) is 11.3. The van der Waals surface area contributed by atoms with E-state index in [-0.39, 0.29) is 12.2 Å². The van der Waals surface area contributed by atoms with Crippen LogP contribution in [-0.4, -0.2) is 22.4 Å². The maximum atomic E-state index is 9.49. The summed E-state index contributed by atoms with van der Waals surface area (Å²) in [5.41, 5.74) is 0. The van der Waals surface area contributed by atoms with E-state index in [1.165, 1.54) is 25.7 Å². The minimum Gasteiger partial charge on any atom is -0.393 e. The van der Waals surface area contributed by atoms with Crippen LogP contribution in [0.1, 0.15) is 72.1 Å². The van der Waals surface area contributed by atoms with Gasteiger partial charge >= 0.3 is 0 Å². The first-order valence-electron chi connectivity index (χ1n) is 6.94. The summed E-state index contributed by atoms with van der Waals surface area (Å²) in [6.07, 6.45) is 9.03. The number of rotatable bonds is 10. The molecule has 16 heavy (non-hydrogen) atoms. The molecular formula is C14H30O2. The second kappa shape index (κ2) is 10.1. The van der Waals surface area contributed by atoms with Crippen molar-refractivity contribution < 1.29 is 10.2 Å². The summed E-state index contributed by atoms with van der Waals surface area (Å²) < 4.78 is 0. The molecule has 2 nitrogen and oxygen atoms in total. The maximum Gasteiger partial charge on any atom is 0.0540 e. The molecule has 0 aliphatic rings. The van der Waals surface area contributed by atoms with Gasteiger partial charge in [-0.25, -0.2) is 0 Å². The number of aliphatic hydroxyl groups is 2. The lowest BCUT2D eigenvalue weighted by Gasteiger charge is -2.17. The molecule has 0 amide bonds. The summed E-state index contributed by atoms with van der Waals surface area (Å²) in [5, 5.41) is 18.6. The summed E-state index contributed by atoms with van der Waals surface area (Å²) >= 11 is 0. The molecule has 0 aromatic carbocycles. The third-order valence-electron chi connectivity index (χ3n) is 3.40. The lowest BCUT2D eigenvalue weighted by molar-refractivity contribution is 0.115. The first-order chi connectivity index (χ1) is 7.57. The standard InChI is InChI=1S/C14H30O2/c1-4-14(13(3)16)11-9-7-5-6-8-10-12(2)15/h12-16H,4-11H2,1-3H3. The van der Waals surface area contributed by atoms with Gasteiger partial charge in [-0.3, -0.25) is 0 Å². The zero-order valence-corrected chi connectivity index (χ0v) is 11.3. The minimum atomic E-state index is -0.153. The van der Waals surface area contributed by atoms with E-state index in [2.05, 4.69) is 6.92 Å². The van der Waals surface area contributed by atoms with Gasteiger partial charge in [-0.05, 0) is 32.6 Å². The van der Waals surface area contributed by atoms with Gasteiger partial charge in [-0.15, -0.1) is 0 Å². The highest BCUT2D eigenvalue weighted by atomic mass is 16.3. The molecule has 0 aliphatic carbocycles. The van der Waals surface area contributed by atoms with E-state index < -0.39 is 0 Å². The second-order valence-corrected chi connectivity index (χ2v) is 5.10. The first-order valence-corrected chi connectivity index (χ1v) is 6.94. The molecular weight excluding hydrogens is 200 g/mol. The van der Waals surface area contributed by atoms with Crippen LogP contribution in [0.25, 0.3) is 0 Å². The van der Waals surface area contributed by atoms with Crippen LogP contribution in [0.3, 0.4) is 0 Å². The predicted molar refractivity (Wildman–Crippen MR) is 69.5 cm³/mol. The molecule has 3 unspecified atom stereocenters. The molecule has 0 fully saturated rings. The van der Waals surface area contributed by atoms with Crippen molar-refractivity contribution in [3.05, 3.63) is 0 Å². The summed E-state index contributed by atoms with van der Waals surface area (Å²) in [6.45, 7) is 5.91. The SMILES string of the molecule is CCC(CCCCCCCC(C)O)C(C)O. The predicted octanol–water partition coefficient (Wildman–Crippen LogP) is 3.50. The van der Waals surface area contributed by atoms with E-state index in [9.17, 15) is 5.11 Å². The van der Waals surface area contributed by atoms with Crippen LogP contribution in [-0.2, 0) is 0 Å². The van der Waals surface area contributed by atoms with E-state index in [1.54, 1.807) is 0 Å². The van der Waals surface area contributed by atoms with Gasteiger partial charge in [0.05, 0.1) is 12.2 Å². The maximum absolute atomic E-state index is 9.49. The molecule has 0 saturated carbocycles. The summed E-state index contributed by atoms with van der Waals surface area (Å²) in [5.74, 6) is 0.484. The lowest BCUT2D eigenvalue weighted by atomic mass is 9.93. The smallest absolute Gasteiger partial charge is 0.0540 e. The van der Waals surface area contributed by atoms with Gasteiger partial charge in [0.1, 0.15) is 0 Å². The van der Waals surface area contributed by atoms with Crippen molar-refractivity contribution in [2.75, 3.05) is 0 Å². The third-order valence-corrected chi connectivity index (χ3v) is 3.40. The number of hydrogen-bond donors (Lipinski definition) is 2. The molecule has 0 rings (SSSR count). The van der Waals surface area contributed by atoms with Crippen molar-refractivity contribution in [1.29, 1.82) is 0 Å². The van der Waals surface area contributed by atoms with E-state index in [0.717, 1.165) is 25.7 Å². The fraction of sp³-hybridized carbons (Fsp3) is 1.00. The quantitative estimate of drug-likeness (QED) is 0.564. The highest BCUT2D eigenvalue weighted by Gasteiger charge is 2.11. The Kier molecular flexibility index (Phi) is 10.0. The molecule has 0 spiro atoms. The van der Waals surface area contributed by atoms with Crippen LogP contribution in [0.4, 0.5) is 0 Å². The van der Waals surface area contributed by atoms with Gasteiger partial charge < -0.3 is 10.2 Å². The van der Waals surface area contributed by atoms with Crippen LogP contribution in [0.15, 0.2) is 0 Å². The van der Waals surface area contributed by atoms with E-state index in [1.807, 2.05) is 13.8 Å². The zero-order chi connectivity index (χ0) is 12.4. The average Bonchev–Trinajstić information content (AvgIpc) is 2.21. The highest BCUT2D eigenvalue weighted by Crippen LogP contribution is 2.18. The normalized spacial score (nSPS) is 17.1. The fourth-order valence-electron chi connectivity index (χ4n) is 2.16. The van der Waals surface area contributed by atoms with Gasteiger partial charge in [-0.1, -0.05) is 45.4 Å². The number of unbranched alkanes of at least 4 members (excludes halogenated alkanes) is 4. The van der Waals surface area contributed by atoms with Crippen LogP contribution < -0.4 is 0 Å². The van der Waals surface area contributed by atoms with E-state index in [4.69, 9.17) is 5.11 Å². The van der Waals surface area contributed by atoms with Crippen molar-refractivity contribution in [2.24, 2.45) is 5.92 Å². The molecule has 0 heterocycles. The fourth-order valence-corrected chi connectivity index (χ4v) is 2.16. The molecule has 3 atom stereocenters. The number of aliphatic hydroxyl groups excluding tert-OH is 2. The Balaban J connectivity index is 3.26. The molecule has 0 aromatic heterocycles. The van der Waals surface area contributed by atoms with Gasteiger partial charge in [0.2, 0.25) is 0 Å².